The lowest BCUT2D eigenvalue weighted by molar-refractivity contribution is 0.298. The molecule has 5 heteroatoms. The quantitative estimate of drug-likeness (QED) is 0.860. The molecule has 2 aromatic rings. The highest BCUT2D eigenvalue weighted by atomic mass is 32.2. The Kier molecular flexibility index (Phi) is 5.16. The van der Waals surface area contributed by atoms with Crippen molar-refractivity contribution < 1.29 is 13.2 Å². The van der Waals surface area contributed by atoms with Gasteiger partial charge in [-0.05, 0) is 39.0 Å². The minimum atomic E-state index is -3.30. The Hall–Kier alpha value is -1.85. The van der Waals surface area contributed by atoms with Crippen LogP contribution in [-0.2, 0) is 9.84 Å². The Labute approximate surface area is 150 Å². The summed E-state index contributed by atoms with van der Waals surface area (Å²) in [5.41, 5.74) is 2.25. The first kappa shape index (κ1) is 18.0. The number of rotatable bonds is 6. The zero-order valence-corrected chi connectivity index (χ0v) is 15.7. The van der Waals surface area contributed by atoms with Gasteiger partial charge in [-0.2, -0.15) is 0 Å². The summed E-state index contributed by atoms with van der Waals surface area (Å²) in [4.78, 5) is 0.383. The lowest BCUT2D eigenvalue weighted by Gasteiger charge is -2.24. The molecule has 1 aliphatic rings. The van der Waals surface area contributed by atoms with Gasteiger partial charge in [-0.15, -0.1) is 0 Å². The smallest absolute Gasteiger partial charge is 0.179 e. The number of nitrogens with one attached hydrogen (secondary N) is 1. The summed E-state index contributed by atoms with van der Waals surface area (Å²) in [6.07, 6.45) is 0. The van der Waals surface area contributed by atoms with Crippen LogP contribution in [0.5, 0.6) is 5.75 Å². The van der Waals surface area contributed by atoms with Crippen LogP contribution in [0.25, 0.3) is 0 Å². The third-order valence-electron chi connectivity index (χ3n) is 4.74. The second kappa shape index (κ2) is 7.18. The molecule has 0 radical (unpaired) electrons. The van der Waals surface area contributed by atoms with E-state index in [1.54, 1.807) is 12.1 Å². The molecule has 0 unspecified atom stereocenters. The third kappa shape index (κ3) is 4.05. The zero-order valence-electron chi connectivity index (χ0n) is 14.9. The van der Waals surface area contributed by atoms with Gasteiger partial charge in [0, 0.05) is 23.6 Å². The van der Waals surface area contributed by atoms with Crippen LogP contribution in [-0.4, -0.2) is 32.9 Å². The van der Waals surface area contributed by atoms with Gasteiger partial charge in [-0.1, -0.05) is 35.9 Å². The summed E-state index contributed by atoms with van der Waals surface area (Å²) in [7, 11) is -3.30. The highest BCUT2D eigenvalue weighted by molar-refractivity contribution is 7.91. The lowest BCUT2D eigenvalue weighted by Crippen LogP contribution is -2.42. The Morgan fingerprint density at radius 1 is 1.12 bits per heavy atom. The van der Waals surface area contributed by atoms with Crippen molar-refractivity contribution in [3.63, 3.8) is 0 Å². The maximum absolute atomic E-state index is 12.6. The van der Waals surface area contributed by atoms with Gasteiger partial charge in [0.2, 0.25) is 0 Å². The fourth-order valence-electron chi connectivity index (χ4n) is 3.39. The molecule has 1 heterocycles. The van der Waals surface area contributed by atoms with Gasteiger partial charge in [0.1, 0.15) is 5.75 Å². The molecule has 2 aromatic carbocycles. The minimum Gasteiger partial charge on any atom is -0.493 e. The van der Waals surface area contributed by atoms with Crippen LogP contribution in [0.2, 0.25) is 0 Å². The number of hydrogen-bond donors (Lipinski definition) is 1. The number of benzene rings is 2. The van der Waals surface area contributed by atoms with Gasteiger partial charge in [0.15, 0.2) is 9.84 Å². The SMILES string of the molecule is Cc1ccc(S(=O)(=O)C[C@H](C)N[C@@H](C)[C@H]2COc3ccccc32)cc1. The monoisotopic (exact) mass is 359 g/mol. The molecule has 3 atom stereocenters. The number of para-hydroxylation sites is 1. The molecule has 0 fully saturated rings. The van der Waals surface area contributed by atoms with Crippen LogP contribution in [0.4, 0.5) is 0 Å². The fourth-order valence-corrected chi connectivity index (χ4v) is 4.88. The van der Waals surface area contributed by atoms with E-state index >= 15 is 0 Å². The minimum absolute atomic E-state index is 0.0790. The normalized spacial score (nSPS) is 19.1. The van der Waals surface area contributed by atoms with Crippen molar-refractivity contribution in [3.05, 3.63) is 59.7 Å². The molecular weight excluding hydrogens is 334 g/mol. The maximum Gasteiger partial charge on any atom is 0.179 e. The Bertz CT molecular complexity index is 830. The van der Waals surface area contributed by atoms with E-state index in [0.29, 0.717) is 11.5 Å². The maximum atomic E-state index is 12.6. The summed E-state index contributed by atoms with van der Waals surface area (Å²) in [5, 5.41) is 3.44. The van der Waals surface area contributed by atoms with Crippen molar-refractivity contribution in [1.29, 1.82) is 0 Å². The first-order valence-electron chi connectivity index (χ1n) is 8.64. The van der Waals surface area contributed by atoms with E-state index in [-0.39, 0.29) is 23.8 Å². The van der Waals surface area contributed by atoms with Crippen LogP contribution < -0.4 is 10.1 Å². The summed E-state index contributed by atoms with van der Waals surface area (Å²) in [5.74, 6) is 1.25. The molecule has 1 aliphatic heterocycles. The van der Waals surface area contributed by atoms with E-state index in [2.05, 4.69) is 18.3 Å². The van der Waals surface area contributed by atoms with Gasteiger partial charge in [0.05, 0.1) is 17.3 Å². The Balaban J connectivity index is 1.64. The topological polar surface area (TPSA) is 55.4 Å². The molecule has 134 valence electrons. The van der Waals surface area contributed by atoms with E-state index in [4.69, 9.17) is 4.74 Å². The van der Waals surface area contributed by atoms with Crippen LogP contribution >= 0.6 is 0 Å². The molecule has 0 aromatic heterocycles. The summed E-state index contributed by atoms with van der Waals surface area (Å²) < 4.78 is 30.9. The molecular formula is C20H25NO3S. The highest BCUT2D eigenvalue weighted by Crippen LogP contribution is 2.35. The predicted octanol–water partition coefficient (Wildman–Crippen LogP) is 3.31. The molecule has 25 heavy (non-hydrogen) atoms. The standard InChI is InChI=1S/C20H25NO3S/c1-14-8-10-17(11-9-14)25(22,23)13-15(2)21-16(3)19-12-24-20-7-5-4-6-18(19)20/h4-11,15-16,19,21H,12-13H2,1-3H3/t15-,16-,19+/m0/s1. The second-order valence-electron chi connectivity index (χ2n) is 6.91. The number of sulfone groups is 1. The van der Waals surface area contributed by atoms with Crippen LogP contribution in [0.15, 0.2) is 53.4 Å². The largest absolute Gasteiger partial charge is 0.493 e. The molecule has 1 N–H and O–H groups in total. The van der Waals surface area contributed by atoms with Crippen molar-refractivity contribution in [3.8, 4) is 5.75 Å². The molecule has 0 spiro atoms. The molecule has 0 saturated carbocycles. The van der Waals surface area contributed by atoms with Crippen molar-refractivity contribution in [2.75, 3.05) is 12.4 Å². The van der Waals surface area contributed by atoms with Crippen LogP contribution in [0.3, 0.4) is 0 Å². The zero-order chi connectivity index (χ0) is 18.0. The van der Waals surface area contributed by atoms with Gasteiger partial charge in [0.25, 0.3) is 0 Å². The van der Waals surface area contributed by atoms with Gasteiger partial charge < -0.3 is 10.1 Å². The number of aryl methyl sites for hydroxylation is 1. The summed E-state index contributed by atoms with van der Waals surface area (Å²) in [6, 6.07) is 15.1. The van der Waals surface area contributed by atoms with E-state index in [1.807, 2.05) is 44.2 Å². The molecule has 0 aliphatic carbocycles. The second-order valence-corrected chi connectivity index (χ2v) is 8.94. The third-order valence-corrected chi connectivity index (χ3v) is 6.67. The van der Waals surface area contributed by atoms with E-state index in [1.165, 1.54) is 5.56 Å². The molecule has 4 nitrogen and oxygen atoms in total. The van der Waals surface area contributed by atoms with Crippen molar-refractivity contribution in [2.45, 2.75) is 43.7 Å². The van der Waals surface area contributed by atoms with E-state index < -0.39 is 9.84 Å². The van der Waals surface area contributed by atoms with Gasteiger partial charge in [-0.25, -0.2) is 8.42 Å². The molecule has 0 bridgehead atoms. The number of ether oxygens (including phenoxy) is 1. The van der Waals surface area contributed by atoms with Crippen molar-refractivity contribution in [1.82, 2.24) is 5.32 Å². The summed E-state index contributed by atoms with van der Waals surface area (Å²) in [6.45, 7) is 6.59. The van der Waals surface area contributed by atoms with Crippen molar-refractivity contribution >= 4 is 9.84 Å². The fraction of sp³-hybridized carbons (Fsp3) is 0.400. The predicted molar refractivity (Wildman–Crippen MR) is 100.0 cm³/mol. The Morgan fingerprint density at radius 3 is 2.52 bits per heavy atom. The first-order chi connectivity index (χ1) is 11.9. The van der Waals surface area contributed by atoms with Gasteiger partial charge in [-0.3, -0.25) is 0 Å². The average Bonchev–Trinajstić information content (AvgIpc) is 2.98. The number of fused-ring (bicyclic) bond motifs is 1. The van der Waals surface area contributed by atoms with E-state index in [9.17, 15) is 8.42 Å². The first-order valence-corrected chi connectivity index (χ1v) is 10.3. The Morgan fingerprint density at radius 2 is 1.80 bits per heavy atom. The summed E-state index contributed by atoms with van der Waals surface area (Å²) >= 11 is 0. The lowest BCUT2D eigenvalue weighted by atomic mass is 9.94. The van der Waals surface area contributed by atoms with E-state index in [0.717, 1.165) is 11.3 Å². The highest BCUT2D eigenvalue weighted by Gasteiger charge is 2.30. The molecule has 3 rings (SSSR count). The van der Waals surface area contributed by atoms with Crippen LogP contribution in [0.1, 0.15) is 30.9 Å². The van der Waals surface area contributed by atoms with Gasteiger partial charge >= 0.3 is 0 Å². The number of hydrogen-bond acceptors (Lipinski definition) is 4. The average molecular weight is 359 g/mol. The van der Waals surface area contributed by atoms with Crippen molar-refractivity contribution in [2.24, 2.45) is 0 Å². The molecule has 0 saturated heterocycles. The molecule has 0 amide bonds. The van der Waals surface area contributed by atoms with Crippen LogP contribution in [0, 0.1) is 6.92 Å².